The fourth-order valence-electron chi connectivity index (χ4n) is 4.61. The van der Waals surface area contributed by atoms with Crippen LogP contribution in [-0.4, -0.2) is 40.3 Å². The summed E-state index contributed by atoms with van der Waals surface area (Å²) in [6.45, 7) is 0.986. The van der Waals surface area contributed by atoms with Crippen molar-refractivity contribution in [1.29, 1.82) is 0 Å². The number of hydrogen-bond acceptors (Lipinski definition) is 4. The minimum Gasteiger partial charge on any atom is -0.357 e. The molecule has 3 heterocycles. The van der Waals surface area contributed by atoms with E-state index < -0.39 is 0 Å². The molecule has 6 nitrogen and oxygen atoms in total. The molecule has 3 aromatic rings. The van der Waals surface area contributed by atoms with Gasteiger partial charge in [-0.15, -0.1) is 0 Å². The van der Waals surface area contributed by atoms with Crippen molar-refractivity contribution in [2.75, 3.05) is 23.4 Å². The van der Waals surface area contributed by atoms with E-state index in [9.17, 15) is 4.79 Å². The van der Waals surface area contributed by atoms with Gasteiger partial charge in [-0.1, -0.05) is 12.1 Å². The van der Waals surface area contributed by atoms with Crippen molar-refractivity contribution in [3.8, 4) is 0 Å². The maximum Gasteiger partial charge on any atom is 0.248 e. The van der Waals surface area contributed by atoms with E-state index in [0.29, 0.717) is 12.0 Å². The molecule has 0 saturated heterocycles. The molecule has 3 aliphatic rings. The lowest BCUT2D eigenvalue weighted by atomic mass is 10.0. The Morgan fingerprint density at radius 2 is 2.03 bits per heavy atom. The van der Waals surface area contributed by atoms with Gasteiger partial charge in [0, 0.05) is 30.7 Å². The summed E-state index contributed by atoms with van der Waals surface area (Å²) in [5.74, 6) is 1.75. The number of anilines is 2. The second kappa shape index (κ2) is 6.31. The average molecular weight is 387 g/mol. The standard InChI is InChI=1S/C23H25N5O/c1-26(17-8-9-17)21-10-7-16-13-24-28(23(16)25-21)14-22(29)27-12-11-19-18(15-5-6-15)3-2-4-20(19)27/h2-4,7,10,13,15,17H,5-6,8-9,11-12,14H2,1H3. The zero-order valence-corrected chi connectivity index (χ0v) is 16.7. The lowest BCUT2D eigenvalue weighted by molar-refractivity contribution is -0.119. The summed E-state index contributed by atoms with van der Waals surface area (Å²) in [6, 6.07) is 11.1. The van der Waals surface area contributed by atoms with Crippen LogP contribution in [0.15, 0.2) is 36.5 Å². The monoisotopic (exact) mass is 387 g/mol. The number of pyridine rings is 1. The van der Waals surface area contributed by atoms with Crippen molar-refractivity contribution in [3.05, 3.63) is 47.7 Å². The van der Waals surface area contributed by atoms with Crippen molar-refractivity contribution < 1.29 is 4.79 Å². The van der Waals surface area contributed by atoms with Crippen LogP contribution in [0.2, 0.25) is 0 Å². The second-order valence-electron chi connectivity index (χ2n) is 8.64. The molecule has 0 unspecified atom stereocenters. The SMILES string of the molecule is CN(c1ccc2cnn(CC(=O)N3CCc4c(C5CC5)cccc43)c2n1)C1CC1. The number of aromatic nitrogens is 3. The topological polar surface area (TPSA) is 54.3 Å². The summed E-state index contributed by atoms with van der Waals surface area (Å²) in [7, 11) is 2.09. The lowest BCUT2D eigenvalue weighted by Gasteiger charge is -2.19. The Hall–Kier alpha value is -2.89. The highest BCUT2D eigenvalue weighted by molar-refractivity contribution is 5.96. The third kappa shape index (κ3) is 2.89. The van der Waals surface area contributed by atoms with Gasteiger partial charge in [0.2, 0.25) is 5.91 Å². The molecule has 1 amide bonds. The fourth-order valence-corrected chi connectivity index (χ4v) is 4.61. The van der Waals surface area contributed by atoms with Gasteiger partial charge < -0.3 is 9.80 Å². The zero-order chi connectivity index (χ0) is 19.5. The first-order chi connectivity index (χ1) is 14.2. The highest BCUT2D eigenvalue weighted by Crippen LogP contribution is 2.45. The van der Waals surface area contributed by atoms with Crippen molar-refractivity contribution in [2.24, 2.45) is 0 Å². The summed E-state index contributed by atoms with van der Waals surface area (Å²) in [6.07, 6.45) is 7.79. The maximum absolute atomic E-state index is 13.2. The predicted molar refractivity (Wildman–Crippen MR) is 113 cm³/mol. The minimum atomic E-state index is 0.0875. The molecular weight excluding hydrogens is 362 g/mol. The van der Waals surface area contributed by atoms with Crippen LogP contribution in [0.3, 0.4) is 0 Å². The van der Waals surface area contributed by atoms with Crippen LogP contribution in [0, 0.1) is 0 Å². The van der Waals surface area contributed by atoms with Gasteiger partial charge >= 0.3 is 0 Å². The van der Waals surface area contributed by atoms with Crippen LogP contribution in [-0.2, 0) is 17.8 Å². The Labute approximate surface area is 170 Å². The molecule has 6 heteroatoms. The molecule has 2 fully saturated rings. The fraction of sp³-hybridized carbons (Fsp3) is 0.435. The lowest BCUT2D eigenvalue weighted by Crippen LogP contribution is -2.32. The number of fused-ring (bicyclic) bond motifs is 2. The van der Waals surface area contributed by atoms with Gasteiger partial charge in [-0.25, -0.2) is 9.67 Å². The van der Waals surface area contributed by atoms with Crippen LogP contribution in [0.25, 0.3) is 11.0 Å². The smallest absolute Gasteiger partial charge is 0.248 e. The summed E-state index contributed by atoms with van der Waals surface area (Å²) in [5.41, 5.74) is 4.71. The van der Waals surface area contributed by atoms with E-state index in [-0.39, 0.29) is 12.5 Å². The van der Waals surface area contributed by atoms with Crippen molar-refractivity contribution in [3.63, 3.8) is 0 Å². The Kier molecular flexibility index (Phi) is 3.70. The first-order valence-electron chi connectivity index (χ1n) is 10.7. The molecule has 2 aliphatic carbocycles. The van der Waals surface area contributed by atoms with Gasteiger partial charge in [-0.3, -0.25) is 4.79 Å². The summed E-state index contributed by atoms with van der Waals surface area (Å²) in [4.78, 5) is 22.2. The van der Waals surface area contributed by atoms with E-state index in [2.05, 4.69) is 41.3 Å². The van der Waals surface area contributed by atoms with Crippen LogP contribution < -0.4 is 9.80 Å². The number of benzene rings is 1. The molecule has 2 saturated carbocycles. The number of carbonyl (C=O) groups excluding carboxylic acids is 1. The Balaban J connectivity index is 1.28. The van der Waals surface area contributed by atoms with Crippen molar-refractivity contribution in [2.45, 2.75) is 50.6 Å². The molecule has 6 rings (SSSR count). The van der Waals surface area contributed by atoms with Gasteiger partial charge in [-0.2, -0.15) is 5.10 Å². The van der Waals surface area contributed by atoms with E-state index in [1.165, 1.54) is 36.8 Å². The number of hydrogen-bond donors (Lipinski definition) is 0. The molecule has 0 spiro atoms. The minimum absolute atomic E-state index is 0.0875. The highest BCUT2D eigenvalue weighted by Gasteiger charge is 2.32. The Bertz CT molecular complexity index is 1110. The van der Waals surface area contributed by atoms with Gasteiger partial charge in [0.05, 0.1) is 6.20 Å². The van der Waals surface area contributed by atoms with Crippen molar-refractivity contribution in [1.82, 2.24) is 14.8 Å². The van der Waals surface area contributed by atoms with Gasteiger partial charge in [0.25, 0.3) is 0 Å². The number of rotatable bonds is 5. The quantitative estimate of drug-likeness (QED) is 0.672. The first kappa shape index (κ1) is 17.0. The van der Waals surface area contributed by atoms with Crippen LogP contribution in [0.5, 0.6) is 0 Å². The largest absolute Gasteiger partial charge is 0.357 e. The molecule has 29 heavy (non-hydrogen) atoms. The molecule has 0 atom stereocenters. The molecule has 0 N–H and O–H groups in total. The van der Waals surface area contributed by atoms with Crippen LogP contribution in [0.1, 0.15) is 42.7 Å². The van der Waals surface area contributed by atoms with E-state index in [4.69, 9.17) is 4.98 Å². The average Bonchev–Trinajstić information content (AvgIpc) is 3.67. The molecule has 148 valence electrons. The maximum atomic E-state index is 13.2. The third-order valence-electron chi connectivity index (χ3n) is 6.59. The Morgan fingerprint density at radius 1 is 1.17 bits per heavy atom. The van der Waals surface area contributed by atoms with E-state index >= 15 is 0 Å². The third-order valence-corrected chi connectivity index (χ3v) is 6.59. The molecular formula is C23H25N5O. The Morgan fingerprint density at radius 3 is 2.83 bits per heavy atom. The summed E-state index contributed by atoms with van der Waals surface area (Å²) >= 11 is 0. The number of carbonyl (C=O) groups is 1. The summed E-state index contributed by atoms with van der Waals surface area (Å²) < 4.78 is 1.75. The van der Waals surface area contributed by atoms with Gasteiger partial charge in [0.1, 0.15) is 12.4 Å². The second-order valence-corrected chi connectivity index (χ2v) is 8.64. The summed E-state index contributed by atoms with van der Waals surface area (Å²) in [5, 5.41) is 5.44. The highest BCUT2D eigenvalue weighted by atomic mass is 16.2. The zero-order valence-electron chi connectivity index (χ0n) is 16.7. The normalized spacial score (nSPS) is 18.3. The van der Waals surface area contributed by atoms with Gasteiger partial charge in [0.15, 0.2) is 5.65 Å². The van der Waals surface area contributed by atoms with E-state index in [1.807, 2.05) is 11.0 Å². The number of amides is 1. The van der Waals surface area contributed by atoms with Crippen LogP contribution >= 0.6 is 0 Å². The molecule has 1 aromatic carbocycles. The van der Waals surface area contributed by atoms with Crippen molar-refractivity contribution >= 4 is 28.4 Å². The first-order valence-corrected chi connectivity index (χ1v) is 10.7. The van der Waals surface area contributed by atoms with E-state index in [0.717, 1.165) is 35.5 Å². The van der Waals surface area contributed by atoms with Gasteiger partial charge in [-0.05, 0) is 67.3 Å². The molecule has 1 aliphatic heterocycles. The molecule has 0 bridgehead atoms. The van der Waals surface area contributed by atoms with Crippen LogP contribution in [0.4, 0.5) is 11.5 Å². The predicted octanol–water partition coefficient (Wildman–Crippen LogP) is 3.50. The molecule has 2 aromatic heterocycles. The van der Waals surface area contributed by atoms with E-state index in [1.54, 1.807) is 10.9 Å². The molecule has 0 radical (unpaired) electrons. The number of nitrogens with zero attached hydrogens (tertiary/aromatic N) is 5.